The van der Waals surface area contributed by atoms with Gasteiger partial charge in [0.25, 0.3) is 5.91 Å². The van der Waals surface area contributed by atoms with Crippen molar-refractivity contribution in [1.29, 1.82) is 0 Å². The lowest BCUT2D eigenvalue weighted by molar-refractivity contribution is 0.102. The van der Waals surface area contributed by atoms with Gasteiger partial charge in [-0.3, -0.25) is 9.48 Å². The normalized spacial score (nSPS) is 10.7. The first-order chi connectivity index (χ1) is 14.2. The van der Waals surface area contributed by atoms with Crippen molar-refractivity contribution in [3.63, 3.8) is 0 Å². The Morgan fingerprint density at radius 3 is 2.76 bits per heavy atom. The summed E-state index contributed by atoms with van der Waals surface area (Å²) in [5.74, 6) is 0.452. The molecule has 0 bridgehead atoms. The molecule has 7 nitrogen and oxygen atoms in total. The molecule has 146 valence electrons. The summed E-state index contributed by atoms with van der Waals surface area (Å²) in [5, 5.41) is 11.4. The Hall–Kier alpha value is -3.87. The van der Waals surface area contributed by atoms with Crippen molar-refractivity contribution < 1.29 is 9.53 Å². The molecule has 2 aromatic heterocycles. The summed E-state index contributed by atoms with van der Waals surface area (Å²) < 4.78 is 8.99. The molecule has 0 unspecified atom stereocenters. The third-order valence-corrected chi connectivity index (χ3v) is 4.30. The highest BCUT2D eigenvalue weighted by Gasteiger charge is 2.11. The number of para-hydroxylation sites is 1. The molecule has 1 amide bonds. The Labute approximate surface area is 168 Å². The summed E-state index contributed by atoms with van der Waals surface area (Å²) in [6, 6.07) is 19.4. The number of carbonyl (C=O) groups excluding carboxylic acids is 1. The van der Waals surface area contributed by atoms with Gasteiger partial charge in [0, 0.05) is 12.4 Å². The zero-order valence-electron chi connectivity index (χ0n) is 16.0. The number of aryl methyl sites for hydroxylation is 1. The molecule has 0 spiro atoms. The number of ether oxygens (including phenoxy) is 1. The second-order valence-corrected chi connectivity index (χ2v) is 6.70. The third kappa shape index (κ3) is 4.90. The lowest BCUT2D eigenvalue weighted by Crippen LogP contribution is -2.14. The van der Waals surface area contributed by atoms with E-state index in [4.69, 9.17) is 4.74 Å². The van der Waals surface area contributed by atoms with Gasteiger partial charge in [0.1, 0.15) is 5.75 Å². The SMILES string of the molecule is Cc1cccc(Cn2cc(NC(=O)c3ccn(COc4ccccc4)n3)cn2)c1. The van der Waals surface area contributed by atoms with Crippen molar-refractivity contribution in [1.82, 2.24) is 19.6 Å². The van der Waals surface area contributed by atoms with Crippen molar-refractivity contribution in [2.75, 3.05) is 5.32 Å². The van der Waals surface area contributed by atoms with Gasteiger partial charge in [0.15, 0.2) is 12.4 Å². The Morgan fingerprint density at radius 2 is 1.93 bits per heavy atom. The largest absolute Gasteiger partial charge is 0.471 e. The molecule has 0 aliphatic carbocycles. The molecule has 0 atom stereocenters. The number of hydrogen-bond donors (Lipinski definition) is 1. The lowest BCUT2D eigenvalue weighted by Gasteiger charge is -2.05. The number of hydrogen-bond acceptors (Lipinski definition) is 4. The quantitative estimate of drug-likeness (QED) is 0.524. The zero-order valence-corrected chi connectivity index (χ0v) is 16.0. The molecule has 2 aromatic carbocycles. The molecule has 0 saturated carbocycles. The summed E-state index contributed by atoms with van der Waals surface area (Å²) in [4.78, 5) is 12.4. The molecule has 0 radical (unpaired) electrons. The van der Waals surface area contributed by atoms with Crippen LogP contribution in [0.2, 0.25) is 0 Å². The molecule has 29 heavy (non-hydrogen) atoms. The summed E-state index contributed by atoms with van der Waals surface area (Å²) in [7, 11) is 0. The van der Waals surface area contributed by atoms with Crippen LogP contribution in [0.4, 0.5) is 5.69 Å². The van der Waals surface area contributed by atoms with E-state index in [1.54, 1.807) is 34.0 Å². The van der Waals surface area contributed by atoms with Crippen LogP contribution in [-0.4, -0.2) is 25.5 Å². The van der Waals surface area contributed by atoms with Crippen LogP contribution in [0, 0.1) is 6.92 Å². The van der Waals surface area contributed by atoms with Crippen LogP contribution in [0.25, 0.3) is 0 Å². The maximum Gasteiger partial charge on any atom is 0.276 e. The van der Waals surface area contributed by atoms with E-state index in [0.717, 1.165) is 11.3 Å². The van der Waals surface area contributed by atoms with Gasteiger partial charge >= 0.3 is 0 Å². The van der Waals surface area contributed by atoms with E-state index in [2.05, 4.69) is 40.6 Å². The van der Waals surface area contributed by atoms with Gasteiger partial charge in [-0.25, -0.2) is 4.68 Å². The van der Waals surface area contributed by atoms with Gasteiger partial charge in [-0.1, -0.05) is 48.0 Å². The smallest absolute Gasteiger partial charge is 0.276 e. The highest BCUT2D eigenvalue weighted by molar-refractivity contribution is 6.02. The van der Waals surface area contributed by atoms with Crippen LogP contribution >= 0.6 is 0 Å². The van der Waals surface area contributed by atoms with E-state index in [9.17, 15) is 4.79 Å². The Morgan fingerprint density at radius 1 is 1.07 bits per heavy atom. The number of nitrogens with zero attached hydrogens (tertiary/aromatic N) is 4. The fourth-order valence-electron chi connectivity index (χ4n) is 2.92. The highest BCUT2D eigenvalue weighted by atomic mass is 16.5. The van der Waals surface area contributed by atoms with Crippen molar-refractivity contribution >= 4 is 11.6 Å². The van der Waals surface area contributed by atoms with E-state index >= 15 is 0 Å². The number of rotatable bonds is 7. The first-order valence-electron chi connectivity index (χ1n) is 9.26. The van der Waals surface area contributed by atoms with E-state index in [1.165, 1.54) is 5.56 Å². The minimum Gasteiger partial charge on any atom is -0.471 e. The van der Waals surface area contributed by atoms with Crippen LogP contribution in [0.15, 0.2) is 79.3 Å². The number of aromatic nitrogens is 4. The molecule has 7 heteroatoms. The van der Waals surface area contributed by atoms with Gasteiger partial charge in [-0.05, 0) is 30.7 Å². The van der Waals surface area contributed by atoms with Gasteiger partial charge in [-0.2, -0.15) is 10.2 Å². The molecule has 0 aliphatic rings. The minimum absolute atomic E-state index is 0.228. The highest BCUT2D eigenvalue weighted by Crippen LogP contribution is 2.12. The first kappa shape index (κ1) is 18.5. The van der Waals surface area contributed by atoms with Crippen LogP contribution in [-0.2, 0) is 13.3 Å². The predicted molar refractivity (Wildman–Crippen MR) is 110 cm³/mol. The minimum atomic E-state index is -0.293. The summed E-state index contributed by atoms with van der Waals surface area (Å²) >= 11 is 0. The average molecular weight is 387 g/mol. The standard InChI is InChI=1S/C22H21N5O2/c1-17-6-5-7-18(12-17)14-27-15-19(13-23-27)24-22(28)21-10-11-26(25-21)16-29-20-8-3-2-4-9-20/h2-13,15H,14,16H2,1H3,(H,24,28). The Kier molecular flexibility index (Phi) is 5.38. The second kappa shape index (κ2) is 8.43. The molecule has 0 fully saturated rings. The molecule has 2 heterocycles. The van der Waals surface area contributed by atoms with Crippen molar-refractivity contribution in [2.24, 2.45) is 0 Å². The van der Waals surface area contributed by atoms with Gasteiger partial charge in [-0.15, -0.1) is 0 Å². The second-order valence-electron chi connectivity index (χ2n) is 6.70. The van der Waals surface area contributed by atoms with Gasteiger partial charge in [0.05, 0.1) is 18.4 Å². The molecule has 0 saturated heterocycles. The lowest BCUT2D eigenvalue weighted by atomic mass is 10.1. The Bertz CT molecular complexity index is 1100. The van der Waals surface area contributed by atoms with E-state index in [1.807, 2.05) is 36.4 Å². The molecule has 4 rings (SSSR count). The summed E-state index contributed by atoms with van der Waals surface area (Å²) in [6.45, 7) is 2.93. The topological polar surface area (TPSA) is 74.0 Å². The molecular weight excluding hydrogens is 366 g/mol. The number of anilines is 1. The number of carbonyl (C=O) groups is 1. The molecule has 1 N–H and O–H groups in total. The van der Waals surface area contributed by atoms with Crippen molar-refractivity contribution in [3.05, 3.63) is 96.1 Å². The van der Waals surface area contributed by atoms with Crippen molar-refractivity contribution in [3.8, 4) is 5.75 Å². The predicted octanol–water partition coefficient (Wildman–Crippen LogP) is 3.73. The third-order valence-electron chi connectivity index (χ3n) is 4.30. The van der Waals surface area contributed by atoms with Crippen LogP contribution in [0.1, 0.15) is 21.6 Å². The zero-order chi connectivity index (χ0) is 20.1. The van der Waals surface area contributed by atoms with Crippen LogP contribution < -0.4 is 10.1 Å². The van der Waals surface area contributed by atoms with E-state index < -0.39 is 0 Å². The Balaban J connectivity index is 1.34. The van der Waals surface area contributed by atoms with Crippen molar-refractivity contribution in [2.45, 2.75) is 20.2 Å². The van der Waals surface area contributed by atoms with E-state index in [-0.39, 0.29) is 12.6 Å². The fourth-order valence-corrected chi connectivity index (χ4v) is 2.92. The number of benzene rings is 2. The maximum atomic E-state index is 12.4. The average Bonchev–Trinajstić information content (AvgIpc) is 3.37. The van der Waals surface area contributed by atoms with Gasteiger partial charge in [0.2, 0.25) is 0 Å². The molecule has 0 aliphatic heterocycles. The van der Waals surface area contributed by atoms with Crippen LogP contribution in [0.5, 0.6) is 5.75 Å². The van der Waals surface area contributed by atoms with E-state index in [0.29, 0.717) is 17.9 Å². The number of nitrogens with one attached hydrogen (secondary N) is 1. The monoisotopic (exact) mass is 387 g/mol. The van der Waals surface area contributed by atoms with Gasteiger partial charge < -0.3 is 10.1 Å². The first-order valence-corrected chi connectivity index (χ1v) is 9.26. The summed E-state index contributed by atoms with van der Waals surface area (Å²) in [6.07, 6.45) is 5.14. The fraction of sp³-hybridized carbons (Fsp3) is 0.136. The van der Waals surface area contributed by atoms with Crippen LogP contribution in [0.3, 0.4) is 0 Å². The number of amides is 1. The molecular formula is C22H21N5O2. The summed E-state index contributed by atoms with van der Waals surface area (Å²) in [5.41, 5.74) is 3.30. The maximum absolute atomic E-state index is 12.4. The molecule has 4 aromatic rings.